The monoisotopic (exact) mass is 508 g/mol. The second-order valence-electron chi connectivity index (χ2n) is 11.0. The van der Waals surface area contributed by atoms with Gasteiger partial charge in [0.2, 0.25) is 11.9 Å². The van der Waals surface area contributed by atoms with Crippen LogP contribution in [-0.2, 0) is 4.79 Å². The summed E-state index contributed by atoms with van der Waals surface area (Å²) in [6, 6.07) is 7.82. The molecule has 2 aliphatic rings. The lowest BCUT2D eigenvalue weighted by atomic mass is 9.85. The van der Waals surface area contributed by atoms with Gasteiger partial charge in [-0.15, -0.1) is 0 Å². The van der Waals surface area contributed by atoms with Gasteiger partial charge in [0, 0.05) is 42.7 Å². The predicted molar refractivity (Wildman–Crippen MR) is 140 cm³/mol. The van der Waals surface area contributed by atoms with Crippen LogP contribution in [0.1, 0.15) is 46.0 Å². The van der Waals surface area contributed by atoms with Crippen LogP contribution in [-0.4, -0.2) is 79.2 Å². The number of β-amino-alcohol motifs (C(OH)–C–C–N with tert-alkyl or cyclic N) is 1. The lowest BCUT2D eigenvalue weighted by Gasteiger charge is -2.30. The van der Waals surface area contributed by atoms with Gasteiger partial charge < -0.3 is 25.2 Å². The average molecular weight is 509 g/mol. The minimum absolute atomic E-state index is 0.0328. The van der Waals surface area contributed by atoms with Crippen molar-refractivity contribution >= 4 is 22.8 Å². The summed E-state index contributed by atoms with van der Waals surface area (Å²) >= 11 is 0. The molecule has 3 N–H and O–H groups in total. The Kier molecular flexibility index (Phi) is 7.30. The van der Waals surface area contributed by atoms with Crippen LogP contribution in [0, 0.1) is 11.3 Å². The molecular weight excluding hydrogens is 472 g/mol. The number of amides is 1. The van der Waals surface area contributed by atoms with Gasteiger partial charge in [-0.25, -0.2) is 9.67 Å². The molecule has 0 spiro atoms. The molecule has 1 aliphatic heterocycles. The summed E-state index contributed by atoms with van der Waals surface area (Å²) in [5.74, 6) is 2.12. The molecule has 0 bridgehead atoms. The zero-order valence-corrected chi connectivity index (χ0v) is 21.5. The van der Waals surface area contributed by atoms with Gasteiger partial charge in [-0.3, -0.25) is 4.79 Å². The fourth-order valence-electron chi connectivity index (χ4n) is 5.06. The standard InChI is InChI=1S/C27H36N6O4/c1-27(2,16-34)17-37-23-5-3-4-22-21(23)14-29-33(22)24-10-12-28-26(31-24)30-19-8-6-18(7-9-19)25(36)32-13-11-20(35)15-32/h3-5,10,12,14,18-20,34-35H,6-9,11,13,15-17H2,1-2H3,(H,28,30,31). The number of likely N-dealkylation sites (tertiary alicyclic amines) is 1. The molecule has 3 heterocycles. The molecule has 1 aliphatic carbocycles. The number of ether oxygens (including phenoxy) is 1. The second kappa shape index (κ2) is 10.6. The summed E-state index contributed by atoms with van der Waals surface area (Å²) in [6.07, 6.45) is 7.17. The summed E-state index contributed by atoms with van der Waals surface area (Å²) in [7, 11) is 0. The first-order valence-electron chi connectivity index (χ1n) is 13.1. The highest BCUT2D eigenvalue weighted by molar-refractivity contribution is 5.86. The number of nitrogens with zero attached hydrogens (tertiary/aromatic N) is 5. The summed E-state index contributed by atoms with van der Waals surface area (Å²) in [6.45, 7) is 5.47. The van der Waals surface area contributed by atoms with Gasteiger partial charge in [-0.2, -0.15) is 10.1 Å². The number of carbonyl (C=O) groups excluding carboxylic acids is 1. The van der Waals surface area contributed by atoms with Crippen molar-refractivity contribution in [1.82, 2.24) is 24.6 Å². The molecule has 5 rings (SSSR count). The van der Waals surface area contributed by atoms with Gasteiger partial charge in [0.05, 0.1) is 36.4 Å². The minimum atomic E-state index is -0.379. The molecule has 3 aromatic rings. The number of anilines is 1. The fourth-order valence-corrected chi connectivity index (χ4v) is 5.06. The molecular formula is C27H36N6O4. The van der Waals surface area contributed by atoms with Gasteiger partial charge in [-0.1, -0.05) is 19.9 Å². The van der Waals surface area contributed by atoms with Crippen LogP contribution < -0.4 is 10.1 Å². The van der Waals surface area contributed by atoms with Gasteiger partial charge in [-0.05, 0) is 44.2 Å². The van der Waals surface area contributed by atoms with Gasteiger partial charge in [0.25, 0.3) is 0 Å². The Morgan fingerprint density at radius 3 is 2.73 bits per heavy atom. The lowest BCUT2D eigenvalue weighted by Crippen LogP contribution is -2.38. The number of aliphatic hydroxyl groups is 2. The molecule has 1 aromatic carbocycles. The Labute approximate surface area is 216 Å². The van der Waals surface area contributed by atoms with Crippen molar-refractivity contribution in [2.45, 2.75) is 58.1 Å². The van der Waals surface area contributed by atoms with Crippen LogP contribution in [0.5, 0.6) is 5.75 Å². The third-order valence-corrected chi connectivity index (χ3v) is 7.36. The van der Waals surface area contributed by atoms with E-state index < -0.39 is 0 Å². The third-order valence-electron chi connectivity index (χ3n) is 7.36. The molecule has 2 aromatic heterocycles. The molecule has 37 heavy (non-hydrogen) atoms. The minimum Gasteiger partial charge on any atom is -0.492 e. The summed E-state index contributed by atoms with van der Waals surface area (Å²) in [4.78, 5) is 23.7. The summed E-state index contributed by atoms with van der Waals surface area (Å²) < 4.78 is 7.78. The largest absolute Gasteiger partial charge is 0.492 e. The number of hydrogen-bond donors (Lipinski definition) is 3. The highest BCUT2D eigenvalue weighted by atomic mass is 16.5. The Morgan fingerprint density at radius 2 is 2.00 bits per heavy atom. The molecule has 1 unspecified atom stereocenters. The fraction of sp³-hybridized carbons (Fsp3) is 0.556. The van der Waals surface area contributed by atoms with Crippen molar-refractivity contribution in [2.24, 2.45) is 11.3 Å². The normalized spacial score (nSPS) is 22.4. The maximum absolute atomic E-state index is 12.8. The quantitative estimate of drug-likeness (QED) is 0.424. The maximum atomic E-state index is 12.8. The molecule has 2 fully saturated rings. The lowest BCUT2D eigenvalue weighted by molar-refractivity contribution is -0.135. The second-order valence-corrected chi connectivity index (χ2v) is 11.0. The van der Waals surface area contributed by atoms with Crippen LogP contribution in [0.2, 0.25) is 0 Å². The first-order valence-corrected chi connectivity index (χ1v) is 13.1. The zero-order valence-electron chi connectivity index (χ0n) is 21.5. The highest BCUT2D eigenvalue weighted by Gasteiger charge is 2.33. The molecule has 10 heteroatoms. The number of benzene rings is 1. The number of fused-ring (bicyclic) bond motifs is 1. The molecule has 1 amide bonds. The van der Waals surface area contributed by atoms with Crippen molar-refractivity contribution in [3.8, 4) is 11.6 Å². The van der Waals surface area contributed by atoms with Crippen LogP contribution >= 0.6 is 0 Å². The number of hydrogen-bond acceptors (Lipinski definition) is 8. The first kappa shape index (κ1) is 25.4. The average Bonchev–Trinajstić information content (AvgIpc) is 3.54. The maximum Gasteiger partial charge on any atom is 0.225 e. The van der Waals surface area contributed by atoms with Crippen molar-refractivity contribution in [3.63, 3.8) is 0 Å². The highest BCUT2D eigenvalue weighted by Crippen LogP contribution is 2.30. The molecule has 1 atom stereocenters. The summed E-state index contributed by atoms with van der Waals surface area (Å²) in [5.41, 5.74) is 0.532. The van der Waals surface area contributed by atoms with E-state index in [4.69, 9.17) is 9.72 Å². The van der Waals surface area contributed by atoms with E-state index in [9.17, 15) is 15.0 Å². The Hall–Kier alpha value is -3.24. The van der Waals surface area contributed by atoms with E-state index in [1.807, 2.05) is 43.0 Å². The van der Waals surface area contributed by atoms with Crippen LogP contribution in [0.25, 0.3) is 16.7 Å². The Bertz CT molecular complexity index is 1240. The number of rotatable bonds is 8. The van der Waals surface area contributed by atoms with E-state index in [-0.39, 0.29) is 36.0 Å². The van der Waals surface area contributed by atoms with E-state index in [2.05, 4.69) is 15.4 Å². The Balaban J connectivity index is 1.24. The predicted octanol–water partition coefficient (Wildman–Crippen LogP) is 2.78. The molecule has 1 saturated heterocycles. The van der Waals surface area contributed by atoms with E-state index >= 15 is 0 Å². The molecule has 10 nitrogen and oxygen atoms in total. The SMILES string of the molecule is CC(C)(CO)COc1cccc2c1cnn2-c1ccnc(NC2CCC(C(=O)N3CCC(O)C3)CC2)n1. The third kappa shape index (κ3) is 5.70. The molecule has 1 saturated carbocycles. The number of carbonyl (C=O) groups is 1. The van der Waals surface area contributed by atoms with E-state index in [0.717, 1.165) is 36.6 Å². The van der Waals surface area contributed by atoms with E-state index in [1.54, 1.807) is 17.1 Å². The van der Waals surface area contributed by atoms with Crippen LogP contribution in [0.3, 0.4) is 0 Å². The van der Waals surface area contributed by atoms with Crippen molar-refractivity contribution < 1.29 is 19.7 Å². The van der Waals surface area contributed by atoms with Gasteiger partial charge >= 0.3 is 0 Å². The van der Waals surface area contributed by atoms with E-state index in [0.29, 0.717) is 43.6 Å². The van der Waals surface area contributed by atoms with Crippen molar-refractivity contribution in [2.75, 3.05) is 31.6 Å². The van der Waals surface area contributed by atoms with Gasteiger partial charge in [0.15, 0.2) is 5.82 Å². The van der Waals surface area contributed by atoms with E-state index in [1.165, 1.54) is 0 Å². The molecule has 0 radical (unpaired) electrons. The van der Waals surface area contributed by atoms with Crippen LogP contribution in [0.15, 0.2) is 36.7 Å². The number of aromatic nitrogens is 4. The van der Waals surface area contributed by atoms with Crippen molar-refractivity contribution in [1.29, 1.82) is 0 Å². The number of aliphatic hydroxyl groups excluding tert-OH is 2. The Morgan fingerprint density at radius 1 is 1.19 bits per heavy atom. The van der Waals surface area contributed by atoms with Gasteiger partial charge in [0.1, 0.15) is 5.75 Å². The molecule has 198 valence electrons. The number of nitrogens with one attached hydrogen (secondary N) is 1. The topological polar surface area (TPSA) is 126 Å². The van der Waals surface area contributed by atoms with Crippen molar-refractivity contribution in [3.05, 3.63) is 36.7 Å². The zero-order chi connectivity index (χ0) is 26.0. The smallest absolute Gasteiger partial charge is 0.225 e. The van der Waals surface area contributed by atoms with Crippen LogP contribution in [0.4, 0.5) is 5.95 Å². The first-order chi connectivity index (χ1) is 17.8. The summed E-state index contributed by atoms with van der Waals surface area (Å²) in [5, 5.41) is 28.1.